The van der Waals surface area contributed by atoms with Crippen LogP contribution in [-0.2, 0) is 19.6 Å². The van der Waals surface area contributed by atoms with Gasteiger partial charge in [-0.2, -0.15) is 4.31 Å². The second-order valence-corrected chi connectivity index (χ2v) is 11.4. The van der Waals surface area contributed by atoms with Crippen LogP contribution in [0.2, 0.25) is 0 Å². The number of carbonyl (C=O) groups is 2. The number of hydrogen-bond acceptors (Lipinski definition) is 5. The Balaban J connectivity index is 1.30. The molecule has 2 N–H and O–H groups in total. The van der Waals surface area contributed by atoms with Gasteiger partial charge in [0.15, 0.2) is 6.61 Å². The van der Waals surface area contributed by atoms with E-state index in [1.54, 1.807) is 40.7 Å². The monoisotopic (exact) mass is 485 g/mol. The molecular formula is C25H31N3O5S. The molecule has 9 heteroatoms. The van der Waals surface area contributed by atoms with E-state index in [9.17, 15) is 18.0 Å². The van der Waals surface area contributed by atoms with Crippen molar-refractivity contribution in [2.45, 2.75) is 38.0 Å². The number of hydrogen-bond donors (Lipinski definition) is 2. The predicted molar refractivity (Wildman–Crippen MR) is 130 cm³/mol. The van der Waals surface area contributed by atoms with Crippen LogP contribution in [0.15, 0.2) is 53.4 Å². The van der Waals surface area contributed by atoms with E-state index in [0.717, 1.165) is 19.3 Å². The van der Waals surface area contributed by atoms with Crippen molar-refractivity contribution >= 4 is 33.2 Å². The highest BCUT2D eigenvalue weighted by molar-refractivity contribution is 7.89. The quantitative estimate of drug-likeness (QED) is 0.593. The van der Waals surface area contributed by atoms with E-state index >= 15 is 0 Å². The first-order chi connectivity index (χ1) is 16.2. The van der Waals surface area contributed by atoms with Gasteiger partial charge < -0.3 is 15.4 Å². The van der Waals surface area contributed by atoms with Gasteiger partial charge in [0.1, 0.15) is 5.75 Å². The zero-order chi connectivity index (χ0) is 24.3. The fourth-order valence-electron chi connectivity index (χ4n) is 4.26. The number of nitrogens with zero attached hydrogens (tertiary/aromatic N) is 1. The molecule has 1 heterocycles. The average Bonchev–Trinajstić information content (AvgIpc) is 3.63. The Morgan fingerprint density at radius 3 is 2.29 bits per heavy atom. The maximum atomic E-state index is 13.0. The van der Waals surface area contributed by atoms with E-state index in [2.05, 4.69) is 24.5 Å². The van der Waals surface area contributed by atoms with Gasteiger partial charge >= 0.3 is 0 Å². The SMILES string of the molecule is CC1CC(C)CN(S(=O)(=O)c2ccc(NC(=O)COc3cccc(NC(=O)C4CC4)c3)cc2)C1. The summed E-state index contributed by atoms with van der Waals surface area (Å²) in [7, 11) is -3.57. The summed E-state index contributed by atoms with van der Waals surface area (Å²) in [5.74, 6) is 0.852. The summed E-state index contributed by atoms with van der Waals surface area (Å²) < 4.78 is 33.1. The lowest BCUT2D eigenvalue weighted by Gasteiger charge is -2.34. The Hall–Kier alpha value is -2.91. The molecule has 0 radical (unpaired) electrons. The summed E-state index contributed by atoms with van der Waals surface area (Å²) in [5.41, 5.74) is 1.11. The average molecular weight is 486 g/mol. The highest BCUT2D eigenvalue weighted by atomic mass is 32.2. The smallest absolute Gasteiger partial charge is 0.262 e. The second-order valence-electron chi connectivity index (χ2n) is 9.42. The van der Waals surface area contributed by atoms with Gasteiger partial charge in [-0.05, 0) is 67.5 Å². The van der Waals surface area contributed by atoms with E-state index in [1.165, 1.54) is 12.1 Å². The summed E-state index contributed by atoms with van der Waals surface area (Å²) >= 11 is 0. The molecule has 0 aromatic heterocycles. The molecule has 2 atom stereocenters. The lowest BCUT2D eigenvalue weighted by atomic mass is 9.94. The Bertz CT molecular complexity index is 1140. The van der Waals surface area contributed by atoms with Gasteiger partial charge in [-0.25, -0.2) is 8.42 Å². The van der Waals surface area contributed by atoms with E-state index in [1.807, 2.05) is 0 Å². The molecule has 2 fully saturated rings. The minimum atomic E-state index is -3.57. The number of ether oxygens (including phenoxy) is 1. The Labute approximate surface area is 200 Å². The molecule has 2 amide bonds. The molecule has 0 spiro atoms. The number of rotatable bonds is 8. The van der Waals surface area contributed by atoms with Crippen molar-refractivity contribution in [1.82, 2.24) is 4.31 Å². The topological polar surface area (TPSA) is 105 Å². The van der Waals surface area contributed by atoms with Crippen molar-refractivity contribution in [2.24, 2.45) is 17.8 Å². The van der Waals surface area contributed by atoms with Crippen LogP contribution in [0.5, 0.6) is 5.75 Å². The highest BCUT2D eigenvalue weighted by Crippen LogP contribution is 2.31. The highest BCUT2D eigenvalue weighted by Gasteiger charge is 2.31. The predicted octanol–water partition coefficient (Wildman–Crippen LogP) is 3.72. The van der Waals surface area contributed by atoms with Crippen molar-refractivity contribution in [2.75, 3.05) is 30.3 Å². The molecule has 182 valence electrons. The van der Waals surface area contributed by atoms with Gasteiger partial charge in [0.25, 0.3) is 5.91 Å². The van der Waals surface area contributed by atoms with Gasteiger partial charge in [0.2, 0.25) is 15.9 Å². The third-order valence-corrected chi connectivity index (χ3v) is 7.88. The first-order valence-corrected chi connectivity index (χ1v) is 13.1. The Morgan fingerprint density at radius 1 is 0.971 bits per heavy atom. The zero-order valence-electron chi connectivity index (χ0n) is 19.5. The molecule has 0 bridgehead atoms. The molecule has 1 saturated heterocycles. The molecule has 2 aromatic rings. The van der Waals surface area contributed by atoms with Crippen LogP contribution in [0.1, 0.15) is 33.1 Å². The van der Waals surface area contributed by atoms with E-state index < -0.39 is 10.0 Å². The molecule has 1 aliphatic carbocycles. The number of benzene rings is 2. The van der Waals surface area contributed by atoms with Gasteiger partial charge in [0, 0.05) is 36.4 Å². The summed E-state index contributed by atoms with van der Waals surface area (Å²) in [5, 5.41) is 5.56. The first-order valence-electron chi connectivity index (χ1n) is 11.6. The molecule has 2 unspecified atom stereocenters. The zero-order valence-corrected chi connectivity index (χ0v) is 20.3. The van der Waals surface area contributed by atoms with Gasteiger partial charge in [-0.3, -0.25) is 9.59 Å². The minimum absolute atomic E-state index is 0.00432. The lowest BCUT2D eigenvalue weighted by molar-refractivity contribution is -0.118. The van der Waals surface area contributed by atoms with E-state index in [0.29, 0.717) is 42.0 Å². The van der Waals surface area contributed by atoms with Gasteiger partial charge in [-0.1, -0.05) is 19.9 Å². The number of carbonyl (C=O) groups excluding carboxylic acids is 2. The molecule has 1 aliphatic heterocycles. The molecule has 34 heavy (non-hydrogen) atoms. The minimum Gasteiger partial charge on any atom is -0.484 e. The Morgan fingerprint density at radius 2 is 1.65 bits per heavy atom. The van der Waals surface area contributed by atoms with E-state index in [-0.39, 0.29) is 29.2 Å². The fraction of sp³-hybridized carbons (Fsp3) is 0.440. The van der Waals surface area contributed by atoms with Crippen molar-refractivity contribution in [3.8, 4) is 5.75 Å². The molecule has 2 aliphatic rings. The first kappa shape index (κ1) is 24.2. The Kier molecular flexibility index (Phi) is 7.23. The molecule has 8 nitrogen and oxygen atoms in total. The van der Waals surface area contributed by atoms with Crippen LogP contribution >= 0.6 is 0 Å². The lowest BCUT2D eigenvalue weighted by Crippen LogP contribution is -2.42. The number of nitrogens with one attached hydrogen (secondary N) is 2. The summed E-state index contributed by atoms with van der Waals surface area (Å²) in [6.45, 7) is 4.96. The molecule has 1 saturated carbocycles. The maximum Gasteiger partial charge on any atom is 0.262 e. The largest absolute Gasteiger partial charge is 0.484 e. The standard InChI is InChI=1S/C25H31N3O5S/c1-17-12-18(2)15-28(14-17)34(31,32)23-10-8-20(9-11-23)26-24(29)16-33-22-5-3-4-21(13-22)27-25(30)19-6-7-19/h3-5,8-11,13,17-19H,6-7,12,14-16H2,1-2H3,(H,26,29)(H,27,30). The summed E-state index contributed by atoms with van der Waals surface area (Å²) in [6, 6.07) is 13.1. The van der Waals surface area contributed by atoms with Crippen LogP contribution < -0.4 is 15.4 Å². The molecular weight excluding hydrogens is 454 g/mol. The number of sulfonamides is 1. The third kappa shape index (κ3) is 6.15. The summed E-state index contributed by atoms with van der Waals surface area (Å²) in [4.78, 5) is 24.4. The van der Waals surface area contributed by atoms with Crippen LogP contribution in [0.25, 0.3) is 0 Å². The van der Waals surface area contributed by atoms with Crippen LogP contribution in [-0.4, -0.2) is 44.2 Å². The van der Waals surface area contributed by atoms with Gasteiger partial charge in [0.05, 0.1) is 4.90 Å². The van der Waals surface area contributed by atoms with E-state index in [4.69, 9.17) is 4.74 Å². The number of piperidine rings is 1. The van der Waals surface area contributed by atoms with Crippen LogP contribution in [0, 0.1) is 17.8 Å². The van der Waals surface area contributed by atoms with Crippen molar-refractivity contribution in [1.29, 1.82) is 0 Å². The maximum absolute atomic E-state index is 13.0. The normalized spacial score (nSPS) is 21.0. The molecule has 4 rings (SSSR count). The van der Waals surface area contributed by atoms with Gasteiger partial charge in [-0.15, -0.1) is 0 Å². The van der Waals surface area contributed by atoms with Crippen molar-refractivity contribution < 1.29 is 22.7 Å². The van der Waals surface area contributed by atoms with Crippen LogP contribution in [0.3, 0.4) is 0 Å². The number of anilines is 2. The number of amides is 2. The second kappa shape index (κ2) is 10.1. The third-order valence-electron chi connectivity index (χ3n) is 6.03. The fourth-order valence-corrected chi connectivity index (χ4v) is 5.94. The summed E-state index contributed by atoms with van der Waals surface area (Å²) in [6.07, 6.45) is 2.87. The van der Waals surface area contributed by atoms with Crippen molar-refractivity contribution in [3.63, 3.8) is 0 Å². The molecule has 2 aromatic carbocycles. The van der Waals surface area contributed by atoms with Crippen LogP contribution in [0.4, 0.5) is 11.4 Å². The van der Waals surface area contributed by atoms with Crippen molar-refractivity contribution in [3.05, 3.63) is 48.5 Å².